The van der Waals surface area contributed by atoms with Gasteiger partial charge < -0.3 is 25.2 Å². The summed E-state index contributed by atoms with van der Waals surface area (Å²) in [6.45, 7) is 5.18. The number of carbonyl (C=O) groups is 5. The van der Waals surface area contributed by atoms with Crippen molar-refractivity contribution in [3.05, 3.63) is 59.0 Å². The molecule has 16 nitrogen and oxygen atoms in total. The number of nitrogens with one attached hydrogen (secondary N) is 3. The number of morpholine rings is 1. The molecular weight excluding hydrogens is 847 g/mol. The van der Waals surface area contributed by atoms with Gasteiger partial charge in [0.1, 0.15) is 17.4 Å². The molecule has 336 valence electrons. The Kier molecular flexibility index (Phi) is 10.5. The molecule has 4 saturated heterocycles. The summed E-state index contributed by atoms with van der Waals surface area (Å²) in [6, 6.07) is 8.22. The summed E-state index contributed by atoms with van der Waals surface area (Å²) in [6.07, 6.45) is 8.08. The van der Waals surface area contributed by atoms with E-state index in [0.29, 0.717) is 41.6 Å². The Morgan fingerprint density at radius 1 is 0.969 bits per heavy atom. The van der Waals surface area contributed by atoms with Crippen LogP contribution in [0.2, 0.25) is 0 Å². The number of nitrogens with zero attached hydrogens (tertiary/aromatic N) is 7. The minimum absolute atomic E-state index is 0.00164. The fourth-order valence-corrected chi connectivity index (χ4v) is 12.4. The fraction of sp³-hybridized carbons (Fsp3) is 0.556. The summed E-state index contributed by atoms with van der Waals surface area (Å²) < 4.78 is 41.1. The maximum Gasteiger partial charge on any atom is 0.284 e. The molecule has 3 aromatic heterocycles. The molecule has 3 N–H and O–H groups in total. The molecule has 64 heavy (non-hydrogen) atoms. The maximum atomic E-state index is 14.3. The molecule has 1 unspecified atom stereocenters. The summed E-state index contributed by atoms with van der Waals surface area (Å²) >= 11 is 1.16. The summed E-state index contributed by atoms with van der Waals surface area (Å²) in [5.74, 6) is -0.902. The molecule has 4 aromatic rings. The van der Waals surface area contributed by atoms with Gasteiger partial charge in [-0.2, -0.15) is 9.47 Å². The number of fused-ring (bicyclic) bond motifs is 4. The molecule has 5 amide bonds. The fourth-order valence-electron chi connectivity index (χ4n) is 11.6. The van der Waals surface area contributed by atoms with Crippen LogP contribution in [-0.4, -0.2) is 116 Å². The molecule has 19 heteroatoms. The van der Waals surface area contributed by atoms with Gasteiger partial charge in [-0.25, -0.2) is 13.8 Å². The minimum Gasteiger partial charge on any atom is -0.384 e. The van der Waals surface area contributed by atoms with Crippen molar-refractivity contribution in [1.82, 2.24) is 34.3 Å². The lowest BCUT2D eigenvalue weighted by Gasteiger charge is -2.53. The Hall–Kier alpha value is -5.40. The highest BCUT2D eigenvalue weighted by molar-refractivity contribution is 7.13. The number of hydrogen-bond acceptors (Lipinski definition) is 13. The summed E-state index contributed by atoms with van der Waals surface area (Å²) in [5.41, 5.74) is 1.60. The SMILES string of the molecule is O=C1CCC(N2C(=O)c3cccc(NCC4CC5(CCN(CC6CCC(n7cc(NC(=O)c8nsc9ccc(N%10C[C@H]%11C[C@@H]%10CO%11)nc89)c(C(F)F)n7)CC6)CC5)C4)c3C2=O)C(=O)N1. The number of anilines is 3. The van der Waals surface area contributed by atoms with Crippen LogP contribution in [0.1, 0.15) is 120 Å². The van der Waals surface area contributed by atoms with E-state index in [4.69, 9.17) is 9.72 Å². The predicted molar refractivity (Wildman–Crippen MR) is 231 cm³/mol. The number of pyridine rings is 1. The van der Waals surface area contributed by atoms with Crippen LogP contribution in [0.15, 0.2) is 36.5 Å². The molecule has 2 aliphatic carbocycles. The van der Waals surface area contributed by atoms with Gasteiger partial charge in [0.2, 0.25) is 11.8 Å². The van der Waals surface area contributed by atoms with Gasteiger partial charge in [-0.1, -0.05) is 6.07 Å². The molecule has 8 heterocycles. The zero-order valence-electron chi connectivity index (χ0n) is 35.3. The topological polar surface area (TPSA) is 184 Å². The second-order valence-electron chi connectivity index (χ2n) is 19.0. The van der Waals surface area contributed by atoms with Gasteiger partial charge in [0.25, 0.3) is 24.1 Å². The van der Waals surface area contributed by atoms with E-state index in [-0.39, 0.29) is 53.5 Å². The Bertz CT molecular complexity index is 2540. The average molecular weight is 897 g/mol. The van der Waals surface area contributed by atoms with Crippen molar-refractivity contribution < 1.29 is 37.5 Å². The third-order valence-corrected chi connectivity index (χ3v) is 15.8. The lowest BCUT2D eigenvalue weighted by Crippen LogP contribution is -2.54. The molecule has 11 rings (SSSR count). The number of alkyl halides is 2. The normalized spacial score (nSPS) is 26.9. The Morgan fingerprint density at radius 3 is 2.52 bits per heavy atom. The number of likely N-dealkylation sites (tertiary alicyclic amines) is 1. The van der Waals surface area contributed by atoms with Crippen LogP contribution in [0.25, 0.3) is 10.2 Å². The quantitative estimate of drug-likeness (QED) is 0.154. The number of imide groups is 2. The Balaban J connectivity index is 0.645. The number of piperidine rings is 2. The highest BCUT2D eigenvalue weighted by Gasteiger charge is 2.48. The van der Waals surface area contributed by atoms with Crippen LogP contribution >= 0.6 is 11.5 Å². The molecule has 1 spiro atoms. The van der Waals surface area contributed by atoms with Gasteiger partial charge in [0.15, 0.2) is 11.4 Å². The third-order valence-electron chi connectivity index (χ3n) is 15.0. The molecule has 5 aliphatic heterocycles. The highest BCUT2D eigenvalue weighted by Crippen LogP contribution is 2.53. The average Bonchev–Trinajstić information content (AvgIpc) is 4.13. The molecule has 2 saturated carbocycles. The number of rotatable bonds is 11. The van der Waals surface area contributed by atoms with Crippen molar-refractivity contribution >= 4 is 68.5 Å². The van der Waals surface area contributed by atoms with Crippen molar-refractivity contribution in [1.29, 1.82) is 0 Å². The number of hydrogen-bond donors (Lipinski definition) is 3. The number of halogens is 2. The van der Waals surface area contributed by atoms with E-state index in [9.17, 15) is 32.8 Å². The van der Waals surface area contributed by atoms with Gasteiger partial charge in [-0.05, 0) is 130 Å². The van der Waals surface area contributed by atoms with Crippen LogP contribution in [0.4, 0.5) is 26.0 Å². The van der Waals surface area contributed by atoms with Crippen LogP contribution in [-0.2, 0) is 14.3 Å². The Morgan fingerprint density at radius 2 is 1.78 bits per heavy atom. The van der Waals surface area contributed by atoms with Crippen LogP contribution in [0.3, 0.4) is 0 Å². The van der Waals surface area contributed by atoms with E-state index in [1.807, 2.05) is 12.1 Å². The highest BCUT2D eigenvalue weighted by atomic mass is 32.1. The van der Waals surface area contributed by atoms with Crippen molar-refractivity contribution in [2.24, 2.45) is 17.3 Å². The monoisotopic (exact) mass is 896 g/mol. The first kappa shape index (κ1) is 41.3. The molecule has 2 bridgehead atoms. The van der Waals surface area contributed by atoms with Crippen molar-refractivity contribution in [3.8, 4) is 0 Å². The number of carbonyl (C=O) groups excluding carboxylic acids is 5. The van der Waals surface area contributed by atoms with Gasteiger partial charge in [-0.3, -0.25) is 38.9 Å². The van der Waals surface area contributed by atoms with E-state index in [0.717, 1.165) is 111 Å². The van der Waals surface area contributed by atoms with Crippen LogP contribution < -0.4 is 20.9 Å². The molecule has 7 aliphatic rings. The number of ether oxygens (including phenoxy) is 1. The third kappa shape index (κ3) is 7.42. The first-order chi connectivity index (χ1) is 31.0. The number of amides is 5. The van der Waals surface area contributed by atoms with Crippen molar-refractivity contribution in [2.45, 2.75) is 101 Å². The number of benzene rings is 1. The van der Waals surface area contributed by atoms with E-state index in [1.54, 1.807) is 29.1 Å². The molecule has 6 fully saturated rings. The molecular formula is C45H50F2N10O6S. The second kappa shape index (κ2) is 16.2. The molecule has 0 radical (unpaired) electrons. The summed E-state index contributed by atoms with van der Waals surface area (Å²) in [7, 11) is 0. The lowest BCUT2D eigenvalue weighted by molar-refractivity contribution is -0.136. The molecule has 1 aromatic carbocycles. The van der Waals surface area contributed by atoms with E-state index in [1.165, 1.54) is 0 Å². The second-order valence-corrected chi connectivity index (χ2v) is 19.8. The first-order valence-corrected chi connectivity index (χ1v) is 23.4. The summed E-state index contributed by atoms with van der Waals surface area (Å²) in [4.78, 5) is 75.1. The zero-order chi connectivity index (χ0) is 43.9. The van der Waals surface area contributed by atoms with Gasteiger partial charge >= 0.3 is 0 Å². The molecule has 3 atom stereocenters. The van der Waals surface area contributed by atoms with Crippen molar-refractivity contribution in [2.75, 3.05) is 54.9 Å². The van der Waals surface area contributed by atoms with E-state index in [2.05, 4.69) is 35.2 Å². The van der Waals surface area contributed by atoms with E-state index < -0.39 is 47.7 Å². The Labute approximate surface area is 371 Å². The van der Waals surface area contributed by atoms with Gasteiger partial charge in [-0.15, -0.1) is 0 Å². The smallest absolute Gasteiger partial charge is 0.284 e. The number of aromatic nitrogens is 4. The largest absolute Gasteiger partial charge is 0.384 e. The van der Waals surface area contributed by atoms with Crippen LogP contribution in [0.5, 0.6) is 0 Å². The van der Waals surface area contributed by atoms with Crippen molar-refractivity contribution in [3.63, 3.8) is 0 Å². The predicted octanol–water partition coefficient (Wildman–Crippen LogP) is 5.79. The maximum absolute atomic E-state index is 14.3. The lowest BCUT2D eigenvalue weighted by atomic mass is 9.57. The first-order valence-electron chi connectivity index (χ1n) is 22.6. The zero-order valence-corrected chi connectivity index (χ0v) is 36.1. The van der Waals surface area contributed by atoms with Gasteiger partial charge in [0.05, 0.1) is 46.3 Å². The van der Waals surface area contributed by atoms with Crippen LogP contribution in [0, 0.1) is 17.3 Å². The summed E-state index contributed by atoms with van der Waals surface area (Å²) in [5, 5.41) is 12.7. The van der Waals surface area contributed by atoms with Gasteiger partial charge in [0, 0.05) is 37.9 Å². The van der Waals surface area contributed by atoms with E-state index >= 15 is 0 Å². The minimum atomic E-state index is -2.86. The standard InChI is InChI=1S/C45H50F2N10O6S/c46-40(47)37-31(49-42(60)39-38-33(64-53-39)9-10-34(50-38)55-21-28-16-27(55)23-63-28)22-56(52-37)26-6-4-24(5-7-26)20-54-14-12-45(13-15-54)17-25(18-45)19-48-30-3-1-2-29-36(30)44(62)57(43(29)61)32-8-11-35(58)51-41(32)59/h1-3,9-10,22,24-28,32,40,48H,4-8,11-21,23H2,(H,49,60)(H,51,58,59)/t24?,26?,27-,28-,32?/m1/s1.